The van der Waals surface area contributed by atoms with Crippen LogP contribution in [0.4, 0.5) is 27.6 Å². The van der Waals surface area contributed by atoms with Crippen LogP contribution in [0.5, 0.6) is 5.75 Å². The maximum absolute atomic E-state index is 12.5. The lowest BCUT2D eigenvalue weighted by Crippen LogP contribution is -2.15. The molecule has 0 saturated heterocycles. The number of ether oxygens (including phenoxy) is 1. The Hall–Kier alpha value is -1.60. The summed E-state index contributed by atoms with van der Waals surface area (Å²) in [5.41, 5.74) is 1.16. The first-order valence-corrected chi connectivity index (χ1v) is 3.96. The van der Waals surface area contributed by atoms with Crippen LogP contribution in [0.3, 0.4) is 0 Å². The maximum atomic E-state index is 12.5. The molecular formula is C8H7F5N2O. The minimum absolute atomic E-state index is 0.392. The molecular weight excluding hydrogens is 235 g/mol. The molecule has 1 aromatic heterocycles. The molecule has 0 spiro atoms. The number of anilines is 1. The van der Waals surface area contributed by atoms with E-state index in [-0.39, 0.29) is 0 Å². The quantitative estimate of drug-likeness (QED) is 0.811. The van der Waals surface area contributed by atoms with Crippen molar-refractivity contribution >= 4 is 5.69 Å². The third kappa shape index (κ3) is 2.15. The number of nitrogens with zero attached hydrogens (tertiary/aromatic N) is 1. The van der Waals surface area contributed by atoms with Gasteiger partial charge in [0.05, 0.1) is 19.0 Å². The van der Waals surface area contributed by atoms with Crippen molar-refractivity contribution in [2.24, 2.45) is 0 Å². The van der Waals surface area contributed by atoms with Crippen LogP contribution >= 0.6 is 0 Å². The van der Waals surface area contributed by atoms with Gasteiger partial charge in [-0.05, 0) is 0 Å². The largest absolute Gasteiger partial charge is 0.493 e. The SMILES string of the molecule is COc1cnc(C(F)F)c(C(F)(F)F)c1N. The molecule has 90 valence electrons. The zero-order chi connectivity index (χ0) is 12.5. The number of alkyl halides is 5. The molecule has 1 aromatic rings. The molecule has 1 heterocycles. The highest BCUT2D eigenvalue weighted by Crippen LogP contribution is 2.42. The Morgan fingerprint density at radius 1 is 1.38 bits per heavy atom. The van der Waals surface area contributed by atoms with Gasteiger partial charge in [0.2, 0.25) is 0 Å². The molecule has 3 nitrogen and oxygen atoms in total. The van der Waals surface area contributed by atoms with Gasteiger partial charge in [0.25, 0.3) is 6.43 Å². The Balaban J connectivity index is 3.50. The first-order chi connectivity index (χ1) is 7.29. The van der Waals surface area contributed by atoms with Crippen LogP contribution in [0.15, 0.2) is 6.20 Å². The van der Waals surface area contributed by atoms with Gasteiger partial charge in [0.15, 0.2) is 5.75 Å². The summed E-state index contributed by atoms with van der Waals surface area (Å²) in [6.07, 6.45) is -7.63. The van der Waals surface area contributed by atoms with Crippen LogP contribution in [0.1, 0.15) is 17.7 Å². The number of hydrogen-bond acceptors (Lipinski definition) is 3. The summed E-state index contributed by atoms with van der Waals surface area (Å²) in [6, 6.07) is 0. The first-order valence-electron chi connectivity index (χ1n) is 3.96. The molecule has 0 atom stereocenters. The van der Waals surface area contributed by atoms with Crippen molar-refractivity contribution < 1.29 is 26.7 Å². The van der Waals surface area contributed by atoms with E-state index in [0.29, 0.717) is 0 Å². The number of methoxy groups -OCH3 is 1. The fourth-order valence-corrected chi connectivity index (χ4v) is 1.15. The van der Waals surface area contributed by atoms with Gasteiger partial charge in [-0.25, -0.2) is 8.78 Å². The molecule has 0 aliphatic heterocycles. The van der Waals surface area contributed by atoms with E-state index in [9.17, 15) is 22.0 Å². The van der Waals surface area contributed by atoms with Gasteiger partial charge in [0.1, 0.15) is 11.3 Å². The van der Waals surface area contributed by atoms with E-state index in [2.05, 4.69) is 9.72 Å². The summed E-state index contributed by atoms with van der Waals surface area (Å²) >= 11 is 0. The van der Waals surface area contributed by atoms with Crippen LogP contribution in [0.25, 0.3) is 0 Å². The van der Waals surface area contributed by atoms with Crippen molar-refractivity contribution in [2.75, 3.05) is 12.8 Å². The molecule has 8 heteroatoms. The summed E-state index contributed by atoms with van der Waals surface area (Å²) in [5.74, 6) is -0.392. The van der Waals surface area contributed by atoms with Crippen molar-refractivity contribution in [1.29, 1.82) is 0 Å². The monoisotopic (exact) mass is 242 g/mol. The third-order valence-corrected chi connectivity index (χ3v) is 1.82. The summed E-state index contributed by atoms with van der Waals surface area (Å²) in [4.78, 5) is 3.00. The molecule has 0 radical (unpaired) electrons. The molecule has 0 aliphatic carbocycles. The second kappa shape index (κ2) is 4.11. The van der Waals surface area contributed by atoms with Gasteiger partial charge in [-0.3, -0.25) is 4.98 Å². The Morgan fingerprint density at radius 3 is 2.31 bits per heavy atom. The van der Waals surface area contributed by atoms with Crippen molar-refractivity contribution in [1.82, 2.24) is 4.98 Å². The van der Waals surface area contributed by atoms with E-state index >= 15 is 0 Å². The molecule has 1 rings (SSSR count). The summed E-state index contributed by atoms with van der Waals surface area (Å²) < 4.78 is 66.5. The van der Waals surface area contributed by atoms with Crippen LogP contribution < -0.4 is 10.5 Å². The molecule has 0 aliphatic rings. The summed E-state index contributed by atoms with van der Waals surface area (Å²) in [6.45, 7) is 0. The molecule has 16 heavy (non-hydrogen) atoms. The second-order valence-corrected chi connectivity index (χ2v) is 2.80. The Labute approximate surface area is 87.0 Å². The number of nitrogens with two attached hydrogens (primary N) is 1. The number of halogens is 5. The van der Waals surface area contributed by atoms with Crippen molar-refractivity contribution in [2.45, 2.75) is 12.6 Å². The molecule has 0 amide bonds. The topological polar surface area (TPSA) is 48.1 Å². The molecule has 2 N–H and O–H groups in total. The standard InChI is InChI=1S/C8H7F5N2O/c1-16-3-2-15-6(7(9)10)4(5(3)14)8(11,12)13/h2,7H,1H3,(H2,14,15). The highest BCUT2D eigenvalue weighted by molar-refractivity contribution is 5.60. The van der Waals surface area contributed by atoms with E-state index in [1.807, 2.05) is 0 Å². The van der Waals surface area contributed by atoms with Gasteiger partial charge in [-0.15, -0.1) is 0 Å². The van der Waals surface area contributed by atoms with Crippen LogP contribution in [-0.4, -0.2) is 12.1 Å². The normalized spacial score (nSPS) is 11.9. The average molecular weight is 242 g/mol. The lowest BCUT2D eigenvalue weighted by molar-refractivity contribution is -0.139. The van der Waals surface area contributed by atoms with Gasteiger partial charge in [-0.1, -0.05) is 0 Å². The predicted octanol–water partition coefficient (Wildman–Crippen LogP) is 2.63. The van der Waals surface area contributed by atoms with E-state index in [4.69, 9.17) is 5.73 Å². The molecule has 0 fully saturated rings. The summed E-state index contributed by atoms with van der Waals surface area (Å²) in [5, 5.41) is 0. The van der Waals surface area contributed by atoms with Gasteiger partial charge in [-0.2, -0.15) is 13.2 Å². The smallest absolute Gasteiger partial charge is 0.420 e. The van der Waals surface area contributed by atoms with Crippen LogP contribution in [0, 0.1) is 0 Å². The van der Waals surface area contributed by atoms with E-state index in [1.165, 1.54) is 0 Å². The van der Waals surface area contributed by atoms with Crippen LogP contribution in [0.2, 0.25) is 0 Å². The van der Waals surface area contributed by atoms with Gasteiger partial charge < -0.3 is 10.5 Å². The highest BCUT2D eigenvalue weighted by Gasteiger charge is 2.40. The lowest BCUT2D eigenvalue weighted by Gasteiger charge is -2.15. The van der Waals surface area contributed by atoms with Gasteiger partial charge >= 0.3 is 6.18 Å². The maximum Gasteiger partial charge on any atom is 0.420 e. The third-order valence-electron chi connectivity index (χ3n) is 1.82. The van der Waals surface area contributed by atoms with E-state index in [0.717, 1.165) is 13.3 Å². The first kappa shape index (κ1) is 12.5. The Morgan fingerprint density at radius 2 is 1.94 bits per heavy atom. The zero-order valence-corrected chi connectivity index (χ0v) is 7.98. The number of nitrogen functional groups attached to an aromatic ring is 1. The predicted molar refractivity (Wildman–Crippen MR) is 45.2 cm³/mol. The number of aromatic nitrogens is 1. The van der Waals surface area contributed by atoms with E-state index < -0.39 is 35.3 Å². The molecule has 0 unspecified atom stereocenters. The van der Waals surface area contributed by atoms with Crippen LogP contribution in [-0.2, 0) is 6.18 Å². The fraction of sp³-hybridized carbons (Fsp3) is 0.375. The fourth-order valence-electron chi connectivity index (χ4n) is 1.15. The highest BCUT2D eigenvalue weighted by atomic mass is 19.4. The molecule has 0 saturated carbocycles. The number of hydrogen-bond donors (Lipinski definition) is 1. The summed E-state index contributed by atoms with van der Waals surface area (Å²) in [7, 11) is 1.07. The lowest BCUT2D eigenvalue weighted by atomic mass is 10.1. The Kier molecular flexibility index (Phi) is 3.20. The van der Waals surface area contributed by atoms with Crippen molar-refractivity contribution in [3.8, 4) is 5.75 Å². The molecule has 0 bridgehead atoms. The van der Waals surface area contributed by atoms with Crippen molar-refractivity contribution in [3.05, 3.63) is 17.5 Å². The van der Waals surface area contributed by atoms with Crippen molar-refractivity contribution in [3.63, 3.8) is 0 Å². The second-order valence-electron chi connectivity index (χ2n) is 2.80. The molecule has 0 aromatic carbocycles. The zero-order valence-electron chi connectivity index (χ0n) is 7.98. The average Bonchev–Trinajstić information content (AvgIpc) is 2.14. The minimum Gasteiger partial charge on any atom is -0.493 e. The van der Waals surface area contributed by atoms with E-state index in [1.54, 1.807) is 0 Å². The number of pyridine rings is 1. The number of rotatable bonds is 2. The minimum atomic E-state index is -5.00. The Bertz CT molecular complexity index is 391. The van der Waals surface area contributed by atoms with Gasteiger partial charge in [0, 0.05) is 0 Å².